The first-order chi connectivity index (χ1) is 8.31. The molecule has 0 aliphatic heterocycles. The predicted molar refractivity (Wildman–Crippen MR) is 68.5 cm³/mol. The van der Waals surface area contributed by atoms with Gasteiger partial charge in [-0.2, -0.15) is 0 Å². The van der Waals surface area contributed by atoms with Crippen molar-refractivity contribution < 1.29 is 9.90 Å². The summed E-state index contributed by atoms with van der Waals surface area (Å²) in [6, 6.07) is 15.2. The van der Waals surface area contributed by atoms with E-state index in [1.807, 2.05) is 42.5 Å². The van der Waals surface area contributed by atoms with Gasteiger partial charge in [-0.3, -0.25) is 4.79 Å². The fourth-order valence-electron chi connectivity index (χ4n) is 2.22. The number of fused-ring (bicyclic) bond motifs is 3. The molecule has 3 aromatic carbocycles. The molecule has 0 heterocycles. The van der Waals surface area contributed by atoms with Gasteiger partial charge in [-0.15, -0.1) is 0 Å². The Kier molecular flexibility index (Phi) is 2.08. The van der Waals surface area contributed by atoms with Gasteiger partial charge in [-0.25, -0.2) is 0 Å². The van der Waals surface area contributed by atoms with Crippen LogP contribution >= 0.6 is 0 Å². The number of phenols is 1. The Hall–Kier alpha value is -2.35. The van der Waals surface area contributed by atoms with Crippen molar-refractivity contribution in [3.8, 4) is 5.75 Å². The van der Waals surface area contributed by atoms with Crippen LogP contribution in [0.1, 0.15) is 10.4 Å². The van der Waals surface area contributed by atoms with E-state index < -0.39 is 0 Å². The van der Waals surface area contributed by atoms with E-state index in [0.717, 1.165) is 21.5 Å². The lowest BCUT2D eigenvalue weighted by Gasteiger charge is -2.06. The number of rotatable bonds is 1. The van der Waals surface area contributed by atoms with Gasteiger partial charge in [0.15, 0.2) is 6.29 Å². The molecule has 17 heavy (non-hydrogen) atoms. The Morgan fingerprint density at radius 3 is 2.41 bits per heavy atom. The van der Waals surface area contributed by atoms with E-state index in [1.54, 1.807) is 6.07 Å². The SMILES string of the molecule is O=Cc1c(O)ccc2c1ccc1ccccc12. The number of aromatic hydroxyl groups is 1. The van der Waals surface area contributed by atoms with Gasteiger partial charge in [0.2, 0.25) is 0 Å². The summed E-state index contributed by atoms with van der Waals surface area (Å²) in [4.78, 5) is 11.0. The van der Waals surface area contributed by atoms with E-state index in [9.17, 15) is 9.90 Å². The molecule has 2 heteroatoms. The summed E-state index contributed by atoms with van der Waals surface area (Å²) in [6.07, 6.45) is 0.701. The van der Waals surface area contributed by atoms with E-state index in [0.29, 0.717) is 11.8 Å². The zero-order valence-corrected chi connectivity index (χ0v) is 9.05. The van der Waals surface area contributed by atoms with Gasteiger partial charge in [-0.1, -0.05) is 42.5 Å². The number of hydrogen-bond donors (Lipinski definition) is 1. The smallest absolute Gasteiger partial charge is 0.154 e. The van der Waals surface area contributed by atoms with Gasteiger partial charge in [0.1, 0.15) is 5.75 Å². The summed E-state index contributed by atoms with van der Waals surface area (Å²) >= 11 is 0. The molecule has 0 saturated heterocycles. The summed E-state index contributed by atoms with van der Waals surface area (Å²) in [7, 11) is 0. The molecule has 0 atom stereocenters. The second kappa shape index (κ2) is 3.59. The highest BCUT2D eigenvalue weighted by molar-refractivity contribution is 6.12. The van der Waals surface area contributed by atoms with E-state index in [2.05, 4.69) is 0 Å². The van der Waals surface area contributed by atoms with Gasteiger partial charge in [0.25, 0.3) is 0 Å². The van der Waals surface area contributed by atoms with Crippen molar-refractivity contribution in [2.45, 2.75) is 0 Å². The van der Waals surface area contributed by atoms with Gasteiger partial charge < -0.3 is 5.11 Å². The van der Waals surface area contributed by atoms with Crippen LogP contribution in [-0.4, -0.2) is 11.4 Å². The lowest BCUT2D eigenvalue weighted by atomic mass is 9.98. The van der Waals surface area contributed by atoms with Crippen molar-refractivity contribution >= 4 is 27.8 Å². The zero-order chi connectivity index (χ0) is 11.8. The first-order valence-corrected chi connectivity index (χ1v) is 5.40. The van der Waals surface area contributed by atoms with Gasteiger partial charge in [0, 0.05) is 0 Å². The van der Waals surface area contributed by atoms with E-state index in [-0.39, 0.29) is 5.75 Å². The monoisotopic (exact) mass is 222 g/mol. The molecule has 0 fully saturated rings. The second-order valence-electron chi connectivity index (χ2n) is 4.00. The van der Waals surface area contributed by atoms with Crippen molar-refractivity contribution in [2.75, 3.05) is 0 Å². The largest absolute Gasteiger partial charge is 0.507 e. The average Bonchev–Trinajstić information content (AvgIpc) is 2.38. The average molecular weight is 222 g/mol. The molecule has 0 aliphatic carbocycles. The summed E-state index contributed by atoms with van der Waals surface area (Å²) in [5, 5.41) is 13.6. The zero-order valence-electron chi connectivity index (χ0n) is 9.05. The van der Waals surface area contributed by atoms with Crippen molar-refractivity contribution in [2.24, 2.45) is 0 Å². The molecule has 0 unspecified atom stereocenters. The van der Waals surface area contributed by atoms with Crippen LogP contribution in [0.15, 0.2) is 48.5 Å². The van der Waals surface area contributed by atoms with Crippen LogP contribution < -0.4 is 0 Å². The minimum Gasteiger partial charge on any atom is -0.507 e. The highest BCUT2D eigenvalue weighted by Crippen LogP contribution is 2.31. The van der Waals surface area contributed by atoms with Gasteiger partial charge in [0.05, 0.1) is 5.56 Å². The number of hydrogen-bond acceptors (Lipinski definition) is 2. The quantitative estimate of drug-likeness (QED) is 0.505. The fraction of sp³-hybridized carbons (Fsp3) is 0. The minimum absolute atomic E-state index is 0.0304. The van der Waals surface area contributed by atoms with Crippen LogP contribution in [0.4, 0.5) is 0 Å². The van der Waals surface area contributed by atoms with Gasteiger partial charge >= 0.3 is 0 Å². The lowest BCUT2D eigenvalue weighted by Crippen LogP contribution is -1.86. The number of aldehydes is 1. The number of carbonyl (C=O) groups excluding carboxylic acids is 1. The summed E-state index contributed by atoms with van der Waals surface area (Å²) in [5.41, 5.74) is 0.355. The normalized spacial score (nSPS) is 10.8. The Bertz CT molecular complexity index is 729. The number of benzene rings is 3. The molecular weight excluding hydrogens is 212 g/mol. The predicted octanol–water partition coefficient (Wildman–Crippen LogP) is 3.51. The highest BCUT2D eigenvalue weighted by atomic mass is 16.3. The van der Waals surface area contributed by atoms with Crippen LogP contribution in [0.25, 0.3) is 21.5 Å². The molecule has 3 aromatic rings. The van der Waals surface area contributed by atoms with Crippen LogP contribution in [-0.2, 0) is 0 Å². The molecule has 0 spiro atoms. The van der Waals surface area contributed by atoms with E-state index in [1.165, 1.54) is 0 Å². The third-order valence-electron chi connectivity index (χ3n) is 3.06. The molecule has 0 aliphatic rings. The fourth-order valence-corrected chi connectivity index (χ4v) is 2.22. The third kappa shape index (κ3) is 1.38. The second-order valence-corrected chi connectivity index (χ2v) is 4.00. The molecule has 0 radical (unpaired) electrons. The van der Waals surface area contributed by atoms with Crippen molar-refractivity contribution in [1.29, 1.82) is 0 Å². The maximum atomic E-state index is 11.0. The molecule has 0 saturated carbocycles. The van der Waals surface area contributed by atoms with Crippen molar-refractivity contribution in [3.63, 3.8) is 0 Å². The summed E-state index contributed by atoms with van der Waals surface area (Å²) in [6.45, 7) is 0. The van der Waals surface area contributed by atoms with Crippen LogP contribution in [0.5, 0.6) is 5.75 Å². The molecule has 82 valence electrons. The van der Waals surface area contributed by atoms with E-state index in [4.69, 9.17) is 0 Å². The maximum Gasteiger partial charge on any atom is 0.154 e. The van der Waals surface area contributed by atoms with Crippen molar-refractivity contribution in [3.05, 3.63) is 54.1 Å². The Morgan fingerprint density at radius 1 is 0.824 bits per heavy atom. The first-order valence-electron chi connectivity index (χ1n) is 5.40. The van der Waals surface area contributed by atoms with Crippen LogP contribution in [0, 0.1) is 0 Å². The topological polar surface area (TPSA) is 37.3 Å². The molecule has 0 aromatic heterocycles. The molecular formula is C15H10O2. The van der Waals surface area contributed by atoms with Crippen LogP contribution in [0.3, 0.4) is 0 Å². The van der Waals surface area contributed by atoms with E-state index >= 15 is 0 Å². The highest BCUT2D eigenvalue weighted by Gasteiger charge is 2.07. The molecule has 0 amide bonds. The Morgan fingerprint density at radius 2 is 1.59 bits per heavy atom. The molecule has 0 bridgehead atoms. The Balaban J connectivity index is 2.57. The van der Waals surface area contributed by atoms with Crippen molar-refractivity contribution in [1.82, 2.24) is 0 Å². The minimum atomic E-state index is 0.0304. The third-order valence-corrected chi connectivity index (χ3v) is 3.06. The molecule has 3 rings (SSSR count). The molecule has 1 N–H and O–H groups in total. The van der Waals surface area contributed by atoms with Gasteiger partial charge in [-0.05, 0) is 27.6 Å². The maximum absolute atomic E-state index is 11.0. The number of phenolic OH excluding ortho intramolecular Hbond substituents is 1. The van der Waals surface area contributed by atoms with Crippen LogP contribution in [0.2, 0.25) is 0 Å². The summed E-state index contributed by atoms with van der Waals surface area (Å²) < 4.78 is 0. The number of carbonyl (C=O) groups is 1. The standard InChI is InChI=1S/C15H10O2/c16-9-14-13-6-5-10-3-1-2-4-11(10)12(13)7-8-15(14)17/h1-9,17H. The Labute approximate surface area is 98.1 Å². The first kappa shape index (κ1) is 9.85. The lowest BCUT2D eigenvalue weighted by molar-refractivity contribution is 0.112. The molecule has 2 nitrogen and oxygen atoms in total. The summed E-state index contributed by atoms with van der Waals surface area (Å²) in [5.74, 6) is 0.0304.